The van der Waals surface area contributed by atoms with Crippen LogP contribution in [0.3, 0.4) is 0 Å². The number of hydrogen-bond donors (Lipinski definition) is 3. The van der Waals surface area contributed by atoms with Crippen molar-refractivity contribution >= 4 is 86.2 Å². The van der Waals surface area contributed by atoms with Gasteiger partial charge < -0.3 is 20.7 Å². The average molecular weight is 589 g/mol. The second kappa shape index (κ2) is 12.2. The molecule has 0 spiro atoms. The molecule has 7 nitrogen and oxygen atoms in total. The molecule has 2 amide bonds. The molecule has 0 radical (unpaired) electrons. The van der Waals surface area contributed by atoms with E-state index in [0.29, 0.717) is 16.3 Å². The SMILES string of the molecule is CCOC(=O)c1c(NC(NC(=O)c2ccc(Cl)cc2)C(Cl)(Cl)Cl)sc(C(=O)Nc2ccccc2)c1C. The van der Waals surface area contributed by atoms with Gasteiger partial charge >= 0.3 is 5.97 Å². The van der Waals surface area contributed by atoms with Crippen LogP contribution in [0.2, 0.25) is 5.02 Å². The van der Waals surface area contributed by atoms with Crippen LogP contribution >= 0.6 is 57.7 Å². The van der Waals surface area contributed by atoms with Crippen LogP contribution < -0.4 is 16.0 Å². The molecule has 0 aliphatic rings. The van der Waals surface area contributed by atoms with E-state index in [1.807, 2.05) is 6.07 Å². The molecule has 12 heteroatoms. The maximum absolute atomic E-state index is 13.0. The third kappa shape index (κ3) is 7.05. The molecule has 2 aromatic carbocycles. The number of rotatable bonds is 8. The Balaban J connectivity index is 1.95. The smallest absolute Gasteiger partial charge is 0.341 e. The van der Waals surface area contributed by atoms with Crippen molar-refractivity contribution in [1.29, 1.82) is 0 Å². The number of benzene rings is 2. The van der Waals surface area contributed by atoms with Crippen molar-refractivity contribution in [2.75, 3.05) is 17.2 Å². The standard InChI is InChI=1S/C24H21Cl4N3O4S/c1-3-35-22(34)17-13(2)18(20(33)29-16-7-5-4-6-8-16)36-21(17)31-23(24(26,27)28)30-19(32)14-9-11-15(25)12-10-14/h4-12,23,31H,3H2,1-2H3,(H,29,33)(H,30,32). The lowest BCUT2D eigenvalue weighted by Gasteiger charge is -2.27. The highest BCUT2D eigenvalue weighted by atomic mass is 35.6. The van der Waals surface area contributed by atoms with E-state index in [0.717, 1.165) is 11.3 Å². The number of hydrogen-bond acceptors (Lipinski definition) is 6. The predicted octanol–water partition coefficient (Wildman–Crippen LogP) is 6.68. The number of halogens is 4. The highest BCUT2D eigenvalue weighted by Gasteiger charge is 2.37. The molecule has 1 aromatic heterocycles. The number of thiophene rings is 1. The molecule has 0 saturated carbocycles. The Bertz CT molecular complexity index is 1240. The second-order valence-corrected chi connectivity index (χ2v) is 11.2. The summed E-state index contributed by atoms with van der Waals surface area (Å²) in [7, 11) is 0. The van der Waals surface area contributed by atoms with Crippen LogP contribution in [0, 0.1) is 6.92 Å². The lowest BCUT2D eigenvalue weighted by molar-refractivity contribution is 0.0527. The van der Waals surface area contributed by atoms with Crippen molar-refractivity contribution in [2.24, 2.45) is 0 Å². The lowest BCUT2D eigenvalue weighted by atomic mass is 10.1. The molecular weight excluding hydrogens is 568 g/mol. The van der Waals surface area contributed by atoms with Gasteiger partial charge in [-0.25, -0.2) is 4.79 Å². The zero-order valence-corrected chi connectivity index (χ0v) is 22.9. The quantitative estimate of drug-likeness (QED) is 0.155. The summed E-state index contributed by atoms with van der Waals surface area (Å²) in [6.45, 7) is 3.39. The van der Waals surface area contributed by atoms with E-state index < -0.39 is 27.7 Å². The number of anilines is 2. The molecule has 1 heterocycles. The number of carbonyl (C=O) groups excluding carboxylic acids is 3. The lowest BCUT2D eigenvalue weighted by Crippen LogP contribution is -2.49. The van der Waals surface area contributed by atoms with Gasteiger partial charge in [-0.1, -0.05) is 64.6 Å². The number of amides is 2. The van der Waals surface area contributed by atoms with Crippen molar-refractivity contribution in [3.05, 3.63) is 81.2 Å². The van der Waals surface area contributed by atoms with E-state index in [2.05, 4.69) is 16.0 Å². The Labute approximate surface area is 232 Å². The Morgan fingerprint density at radius 1 is 1.00 bits per heavy atom. The summed E-state index contributed by atoms with van der Waals surface area (Å²) in [6, 6.07) is 15.0. The molecule has 190 valence electrons. The van der Waals surface area contributed by atoms with Gasteiger partial charge in [-0.3, -0.25) is 9.59 Å². The van der Waals surface area contributed by atoms with Crippen LogP contribution in [0.5, 0.6) is 0 Å². The van der Waals surface area contributed by atoms with Crippen molar-refractivity contribution in [3.8, 4) is 0 Å². The highest BCUT2D eigenvalue weighted by Crippen LogP contribution is 2.38. The van der Waals surface area contributed by atoms with Gasteiger partial charge in [0.15, 0.2) is 0 Å². The van der Waals surface area contributed by atoms with Gasteiger partial charge in [0.2, 0.25) is 3.79 Å². The molecule has 0 fully saturated rings. The summed E-state index contributed by atoms with van der Waals surface area (Å²) in [6.07, 6.45) is -1.28. The van der Waals surface area contributed by atoms with E-state index in [-0.39, 0.29) is 27.6 Å². The van der Waals surface area contributed by atoms with Crippen molar-refractivity contribution in [2.45, 2.75) is 23.8 Å². The Morgan fingerprint density at radius 3 is 2.22 bits per heavy atom. The van der Waals surface area contributed by atoms with Gasteiger partial charge in [0.1, 0.15) is 11.2 Å². The molecule has 3 aromatic rings. The second-order valence-electron chi connectivity index (χ2n) is 7.40. The zero-order chi connectivity index (χ0) is 26.5. The van der Waals surface area contributed by atoms with Crippen LogP contribution in [-0.2, 0) is 4.74 Å². The monoisotopic (exact) mass is 587 g/mol. The van der Waals surface area contributed by atoms with Crippen molar-refractivity contribution in [1.82, 2.24) is 5.32 Å². The first-order valence-electron chi connectivity index (χ1n) is 10.6. The fraction of sp³-hybridized carbons (Fsp3) is 0.208. The summed E-state index contributed by atoms with van der Waals surface area (Å²) in [5.74, 6) is -1.65. The Hall–Kier alpha value is -2.49. The normalized spacial score (nSPS) is 11.9. The van der Waals surface area contributed by atoms with Crippen LogP contribution in [0.15, 0.2) is 54.6 Å². The number of esters is 1. The summed E-state index contributed by atoms with van der Waals surface area (Å²) in [5.41, 5.74) is 1.33. The minimum atomic E-state index is -2.03. The first-order valence-corrected chi connectivity index (χ1v) is 12.9. The molecule has 0 saturated heterocycles. The van der Waals surface area contributed by atoms with E-state index in [1.165, 1.54) is 12.1 Å². The number of alkyl halides is 3. The topological polar surface area (TPSA) is 96.5 Å². The van der Waals surface area contributed by atoms with Crippen LogP contribution in [0.25, 0.3) is 0 Å². The Morgan fingerprint density at radius 2 is 1.64 bits per heavy atom. The van der Waals surface area contributed by atoms with E-state index in [9.17, 15) is 14.4 Å². The zero-order valence-electron chi connectivity index (χ0n) is 19.0. The summed E-state index contributed by atoms with van der Waals surface area (Å²) in [5, 5.41) is 8.94. The fourth-order valence-electron chi connectivity index (χ4n) is 3.14. The highest BCUT2D eigenvalue weighted by molar-refractivity contribution is 7.18. The van der Waals surface area contributed by atoms with Crippen molar-refractivity contribution in [3.63, 3.8) is 0 Å². The van der Waals surface area contributed by atoms with Crippen LogP contribution in [-0.4, -0.2) is 34.3 Å². The fourth-order valence-corrected chi connectivity index (χ4v) is 4.71. The van der Waals surface area contributed by atoms with Gasteiger partial charge in [0, 0.05) is 16.3 Å². The average Bonchev–Trinajstić information content (AvgIpc) is 3.15. The maximum Gasteiger partial charge on any atom is 0.341 e. The molecule has 0 bridgehead atoms. The number of carbonyl (C=O) groups is 3. The molecule has 1 unspecified atom stereocenters. The number of para-hydroxylation sites is 1. The minimum absolute atomic E-state index is 0.0973. The first kappa shape index (κ1) is 28.1. The van der Waals surface area contributed by atoms with Gasteiger partial charge in [0.05, 0.1) is 17.0 Å². The van der Waals surface area contributed by atoms with E-state index >= 15 is 0 Å². The molecule has 0 aliphatic carbocycles. The first-order chi connectivity index (χ1) is 17.0. The summed E-state index contributed by atoms with van der Waals surface area (Å²) >= 11 is 25.3. The third-order valence-electron chi connectivity index (χ3n) is 4.85. The summed E-state index contributed by atoms with van der Waals surface area (Å²) < 4.78 is 3.16. The van der Waals surface area contributed by atoms with E-state index in [1.54, 1.807) is 50.2 Å². The van der Waals surface area contributed by atoms with Crippen LogP contribution in [0.1, 0.15) is 42.9 Å². The van der Waals surface area contributed by atoms with Crippen molar-refractivity contribution < 1.29 is 19.1 Å². The summed E-state index contributed by atoms with van der Waals surface area (Å²) in [4.78, 5) is 38.8. The van der Waals surface area contributed by atoms with E-state index in [4.69, 9.17) is 51.1 Å². The molecular formula is C24H21Cl4N3O4S. The minimum Gasteiger partial charge on any atom is -0.462 e. The van der Waals surface area contributed by atoms with Gasteiger partial charge in [0.25, 0.3) is 11.8 Å². The maximum atomic E-state index is 13.0. The third-order valence-corrected chi connectivity index (χ3v) is 6.98. The van der Waals surface area contributed by atoms with Gasteiger partial charge in [-0.05, 0) is 55.8 Å². The predicted molar refractivity (Wildman–Crippen MR) is 146 cm³/mol. The number of nitrogens with one attached hydrogen (secondary N) is 3. The van der Waals surface area contributed by atoms with Gasteiger partial charge in [-0.2, -0.15) is 0 Å². The van der Waals surface area contributed by atoms with Crippen LogP contribution in [0.4, 0.5) is 10.7 Å². The molecule has 0 aliphatic heterocycles. The molecule has 3 N–H and O–H groups in total. The molecule has 3 rings (SSSR count). The number of ether oxygens (including phenoxy) is 1. The largest absolute Gasteiger partial charge is 0.462 e. The van der Waals surface area contributed by atoms with Gasteiger partial charge in [-0.15, -0.1) is 11.3 Å². The molecule has 36 heavy (non-hydrogen) atoms. The Kier molecular flexibility index (Phi) is 9.49. The molecule has 1 atom stereocenters.